The fourth-order valence-electron chi connectivity index (χ4n) is 2.49. The van der Waals surface area contributed by atoms with Crippen LogP contribution in [0, 0.1) is 12.3 Å². The highest BCUT2D eigenvalue weighted by Gasteiger charge is 2.39. The van der Waals surface area contributed by atoms with Crippen LogP contribution in [0.3, 0.4) is 0 Å². The molecule has 1 unspecified atom stereocenters. The van der Waals surface area contributed by atoms with Gasteiger partial charge in [0.15, 0.2) is 11.8 Å². The third-order valence-corrected chi connectivity index (χ3v) is 4.00. The van der Waals surface area contributed by atoms with Gasteiger partial charge < -0.3 is 15.4 Å². The van der Waals surface area contributed by atoms with Crippen LogP contribution in [0.15, 0.2) is 28.4 Å². The van der Waals surface area contributed by atoms with Crippen LogP contribution in [-0.2, 0) is 9.59 Å². The summed E-state index contributed by atoms with van der Waals surface area (Å²) in [5, 5.41) is 13.6. The fourth-order valence-corrected chi connectivity index (χ4v) is 2.49. The first-order valence-corrected chi connectivity index (χ1v) is 7.80. The van der Waals surface area contributed by atoms with Crippen molar-refractivity contribution in [1.29, 1.82) is 0 Å². The quantitative estimate of drug-likeness (QED) is 0.787. The molecule has 2 aliphatic heterocycles. The van der Waals surface area contributed by atoms with Gasteiger partial charge in [0.1, 0.15) is 5.75 Å². The summed E-state index contributed by atoms with van der Waals surface area (Å²) in [4.78, 5) is 23.7. The van der Waals surface area contributed by atoms with Gasteiger partial charge in [0.25, 0.3) is 5.91 Å². The lowest BCUT2D eigenvalue weighted by Gasteiger charge is -2.23. The van der Waals surface area contributed by atoms with Crippen molar-refractivity contribution in [2.75, 3.05) is 10.6 Å². The molecule has 7 nitrogen and oxygen atoms in total. The number of amides is 2. The molecule has 0 radical (unpaired) electrons. The van der Waals surface area contributed by atoms with Crippen LogP contribution in [0.1, 0.15) is 32.6 Å². The molecule has 0 saturated carbocycles. The standard InChI is InChI=1S/C17H18N4O3/c1-3-4-8-17(20-21-17)9-7-15(22)18-12-5-6-14-13(10-12)19-16(23)11(2)24-14/h1,5-6,10-11H,4,7-9H2,2H3,(H,18,22)(H,19,23). The molecular weight excluding hydrogens is 308 g/mol. The van der Waals surface area contributed by atoms with E-state index in [4.69, 9.17) is 11.2 Å². The van der Waals surface area contributed by atoms with Crippen LogP contribution in [0.2, 0.25) is 0 Å². The summed E-state index contributed by atoms with van der Waals surface area (Å²) in [6, 6.07) is 5.14. The van der Waals surface area contributed by atoms with Crippen molar-refractivity contribution in [1.82, 2.24) is 0 Å². The van der Waals surface area contributed by atoms with E-state index >= 15 is 0 Å². The molecule has 2 heterocycles. The summed E-state index contributed by atoms with van der Waals surface area (Å²) in [6.07, 6.45) is 6.84. The second-order valence-electron chi connectivity index (χ2n) is 5.90. The van der Waals surface area contributed by atoms with Gasteiger partial charge in [0.2, 0.25) is 5.91 Å². The second-order valence-corrected chi connectivity index (χ2v) is 5.90. The maximum absolute atomic E-state index is 12.1. The molecule has 1 aromatic rings. The van der Waals surface area contributed by atoms with E-state index in [-0.39, 0.29) is 11.8 Å². The molecular formula is C17H18N4O3. The zero-order valence-corrected chi connectivity index (χ0v) is 13.3. The number of rotatable bonds is 6. The minimum Gasteiger partial charge on any atom is -0.479 e. The Morgan fingerprint density at radius 2 is 2.25 bits per heavy atom. The Morgan fingerprint density at radius 3 is 2.96 bits per heavy atom. The van der Waals surface area contributed by atoms with E-state index in [0.29, 0.717) is 42.8 Å². The van der Waals surface area contributed by atoms with Crippen molar-refractivity contribution in [2.24, 2.45) is 10.2 Å². The van der Waals surface area contributed by atoms with Gasteiger partial charge in [-0.1, -0.05) is 0 Å². The van der Waals surface area contributed by atoms with Crippen molar-refractivity contribution < 1.29 is 14.3 Å². The number of hydrogen-bond donors (Lipinski definition) is 2. The molecule has 0 saturated heterocycles. The Hall–Kier alpha value is -2.88. The number of ether oxygens (including phenoxy) is 1. The average Bonchev–Trinajstić information content (AvgIpc) is 3.33. The smallest absolute Gasteiger partial charge is 0.265 e. The van der Waals surface area contributed by atoms with Crippen molar-refractivity contribution in [3.8, 4) is 18.1 Å². The second kappa shape index (κ2) is 6.32. The summed E-state index contributed by atoms with van der Waals surface area (Å²) in [7, 11) is 0. The predicted octanol–water partition coefficient (Wildman–Crippen LogP) is 2.70. The largest absolute Gasteiger partial charge is 0.479 e. The Balaban J connectivity index is 1.55. The number of terminal acetylenes is 1. The zero-order chi connectivity index (χ0) is 17.2. The molecule has 2 amide bonds. The van der Waals surface area contributed by atoms with Gasteiger partial charge in [-0.25, -0.2) is 0 Å². The van der Waals surface area contributed by atoms with Crippen LogP contribution in [-0.4, -0.2) is 23.6 Å². The minimum absolute atomic E-state index is 0.135. The molecule has 7 heteroatoms. The number of nitrogens with one attached hydrogen (secondary N) is 2. The molecule has 1 aromatic carbocycles. The van der Waals surface area contributed by atoms with Crippen LogP contribution < -0.4 is 15.4 Å². The topological polar surface area (TPSA) is 92.2 Å². The molecule has 2 aliphatic rings. The summed E-state index contributed by atoms with van der Waals surface area (Å²) in [5.41, 5.74) is 0.686. The highest BCUT2D eigenvalue weighted by atomic mass is 16.5. The summed E-state index contributed by atoms with van der Waals surface area (Å²) in [5.74, 6) is 2.80. The van der Waals surface area contributed by atoms with Crippen molar-refractivity contribution >= 4 is 23.2 Å². The molecule has 24 heavy (non-hydrogen) atoms. The van der Waals surface area contributed by atoms with E-state index in [9.17, 15) is 9.59 Å². The van der Waals surface area contributed by atoms with E-state index in [0.717, 1.165) is 0 Å². The number of carbonyl (C=O) groups excluding carboxylic acids is 2. The summed E-state index contributed by atoms with van der Waals surface area (Å²) < 4.78 is 5.48. The molecule has 0 bridgehead atoms. The van der Waals surface area contributed by atoms with Gasteiger partial charge in [-0.3, -0.25) is 9.59 Å². The Labute approximate surface area is 139 Å². The molecule has 1 atom stereocenters. The monoisotopic (exact) mass is 326 g/mol. The Morgan fingerprint density at radius 1 is 1.46 bits per heavy atom. The highest BCUT2D eigenvalue weighted by Crippen LogP contribution is 2.38. The van der Waals surface area contributed by atoms with Gasteiger partial charge >= 0.3 is 0 Å². The van der Waals surface area contributed by atoms with E-state index in [2.05, 4.69) is 26.8 Å². The Bertz CT molecular complexity index is 745. The Kier molecular flexibility index (Phi) is 4.21. The van der Waals surface area contributed by atoms with Crippen LogP contribution >= 0.6 is 0 Å². The lowest BCUT2D eigenvalue weighted by Crippen LogP contribution is -2.34. The predicted molar refractivity (Wildman–Crippen MR) is 88.7 cm³/mol. The number of anilines is 2. The van der Waals surface area contributed by atoms with E-state index in [1.54, 1.807) is 25.1 Å². The van der Waals surface area contributed by atoms with Crippen molar-refractivity contribution in [3.63, 3.8) is 0 Å². The first kappa shape index (κ1) is 16.0. The number of hydrogen-bond acceptors (Lipinski definition) is 5. The molecule has 124 valence electrons. The number of fused-ring (bicyclic) bond motifs is 1. The molecule has 0 aliphatic carbocycles. The van der Waals surface area contributed by atoms with Crippen LogP contribution in [0.5, 0.6) is 5.75 Å². The first-order chi connectivity index (χ1) is 11.5. The third kappa shape index (κ3) is 3.54. The van der Waals surface area contributed by atoms with Crippen molar-refractivity contribution in [3.05, 3.63) is 18.2 Å². The summed E-state index contributed by atoms with van der Waals surface area (Å²) in [6.45, 7) is 1.68. The minimum atomic E-state index is -0.525. The SMILES string of the molecule is C#CCCC1(CCC(=O)Nc2ccc3c(c2)NC(=O)C(C)O3)N=N1. The number of nitrogens with zero attached hydrogens (tertiary/aromatic N) is 2. The van der Waals surface area contributed by atoms with E-state index in [1.165, 1.54) is 0 Å². The lowest BCUT2D eigenvalue weighted by atomic mass is 10.0. The number of benzene rings is 1. The highest BCUT2D eigenvalue weighted by molar-refractivity contribution is 5.99. The average molecular weight is 326 g/mol. The summed E-state index contributed by atoms with van der Waals surface area (Å²) >= 11 is 0. The van der Waals surface area contributed by atoms with E-state index < -0.39 is 11.8 Å². The van der Waals surface area contributed by atoms with Gasteiger partial charge in [0.05, 0.1) is 5.69 Å². The van der Waals surface area contributed by atoms with Crippen LogP contribution in [0.4, 0.5) is 11.4 Å². The van der Waals surface area contributed by atoms with Crippen molar-refractivity contribution in [2.45, 2.75) is 44.4 Å². The third-order valence-electron chi connectivity index (χ3n) is 4.00. The molecule has 3 rings (SSSR count). The fraction of sp³-hybridized carbons (Fsp3) is 0.412. The van der Waals surface area contributed by atoms with Gasteiger partial charge in [-0.15, -0.1) is 12.3 Å². The lowest BCUT2D eigenvalue weighted by molar-refractivity contribution is -0.122. The molecule has 2 N–H and O–H groups in total. The van der Waals surface area contributed by atoms with Gasteiger partial charge in [-0.05, 0) is 25.1 Å². The van der Waals surface area contributed by atoms with E-state index in [1.807, 2.05) is 0 Å². The van der Waals surface area contributed by atoms with Gasteiger partial charge in [-0.2, -0.15) is 10.2 Å². The molecule has 0 aromatic heterocycles. The maximum Gasteiger partial charge on any atom is 0.265 e. The first-order valence-electron chi connectivity index (χ1n) is 7.80. The number of carbonyl (C=O) groups is 2. The van der Waals surface area contributed by atoms with Gasteiger partial charge in [0, 0.05) is 31.4 Å². The normalized spacial score (nSPS) is 19.5. The zero-order valence-electron chi connectivity index (χ0n) is 13.3. The van der Waals surface area contributed by atoms with Crippen LogP contribution in [0.25, 0.3) is 0 Å². The molecule has 0 fully saturated rings. The molecule has 0 spiro atoms. The maximum atomic E-state index is 12.1.